The second-order valence-corrected chi connectivity index (χ2v) is 3.60. The Labute approximate surface area is 84.7 Å². The molecular weight excluding hydrogens is 230 g/mol. The monoisotopic (exact) mass is 237 g/mol. The van der Waals surface area contributed by atoms with Crippen molar-refractivity contribution in [3.8, 4) is 11.5 Å². The molecule has 0 aromatic carbocycles. The smallest absolute Gasteiger partial charge is 0.152 e. The number of hydrogen-bond donors (Lipinski definition) is 0. The Morgan fingerprint density at radius 1 is 1.31 bits per heavy atom. The molecule has 2 aromatic heterocycles. The third-order valence-electron chi connectivity index (χ3n) is 1.79. The number of furan rings is 1. The average molecular weight is 238 g/mol. The molecule has 0 radical (unpaired) electrons. The first-order chi connectivity index (χ1) is 6.27. The topological polar surface area (TPSA) is 26.0 Å². The third kappa shape index (κ3) is 1.65. The number of aryl methyl sites for hydroxylation is 1. The molecule has 0 fully saturated rings. The van der Waals surface area contributed by atoms with E-state index in [2.05, 4.69) is 20.9 Å². The molecule has 2 rings (SSSR count). The van der Waals surface area contributed by atoms with E-state index >= 15 is 0 Å². The normalized spacial score (nSPS) is 10.3. The van der Waals surface area contributed by atoms with E-state index in [4.69, 9.17) is 4.42 Å². The van der Waals surface area contributed by atoms with Crippen molar-refractivity contribution in [3.05, 3.63) is 40.7 Å². The molecule has 3 heteroatoms. The SMILES string of the molecule is Cc1nc(-c2ccco2)ccc1Br. The van der Waals surface area contributed by atoms with Crippen molar-refractivity contribution in [1.29, 1.82) is 0 Å². The van der Waals surface area contributed by atoms with Crippen LogP contribution < -0.4 is 0 Å². The van der Waals surface area contributed by atoms with Crippen LogP contribution in [0.1, 0.15) is 5.69 Å². The van der Waals surface area contributed by atoms with Gasteiger partial charge >= 0.3 is 0 Å². The maximum Gasteiger partial charge on any atom is 0.152 e. The first-order valence-electron chi connectivity index (χ1n) is 3.94. The maximum absolute atomic E-state index is 5.24. The number of halogens is 1. The van der Waals surface area contributed by atoms with Gasteiger partial charge in [0.25, 0.3) is 0 Å². The zero-order chi connectivity index (χ0) is 9.26. The van der Waals surface area contributed by atoms with Crippen LogP contribution in [0.3, 0.4) is 0 Å². The fraction of sp³-hybridized carbons (Fsp3) is 0.100. The van der Waals surface area contributed by atoms with Crippen LogP contribution in [0.2, 0.25) is 0 Å². The summed E-state index contributed by atoms with van der Waals surface area (Å²) in [5.74, 6) is 0.801. The second-order valence-electron chi connectivity index (χ2n) is 2.74. The van der Waals surface area contributed by atoms with E-state index in [1.54, 1.807) is 6.26 Å². The summed E-state index contributed by atoms with van der Waals surface area (Å²) in [4.78, 5) is 4.37. The molecule has 0 aliphatic rings. The highest BCUT2D eigenvalue weighted by Gasteiger charge is 2.03. The summed E-state index contributed by atoms with van der Waals surface area (Å²) < 4.78 is 6.25. The summed E-state index contributed by atoms with van der Waals surface area (Å²) >= 11 is 3.40. The van der Waals surface area contributed by atoms with E-state index in [1.807, 2.05) is 31.2 Å². The minimum Gasteiger partial charge on any atom is -0.463 e. The molecular formula is C10H8BrNO. The zero-order valence-corrected chi connectivity index (χ0v) is 8.71. The number of aromatic nitrogens is 1. The molecule has 0 saturated heterocycles. The van der Waals surface area contributed by atoms with Crippen LogP contribution in [-0.4, -0.2) is 4.98 Å². The fourth-order valence-electron chi connectivity index (χ4n) is 1.11. The Bertz CT molecular complexity index is 409. The molecule has 0 saturated carbocycles. The second kappa shape index (κ2) is 3.34. The van der Waals surface area contributed by atoms with Crippen molar-refractivity contribution in [2.45, 2.75) is 6.92 Å². The van der Waals surface area contributed by atoms with E-state index in [0.717, 1.165) is 21.6 Å². The molecule has 2 heterocycles. The van der Waals surface area contributed by atoms with Crippen LogP contribution in [0.15, 0.2) is 39.4 Å². The standard InChI is InChI=1S/C10H8BrNO/c1-7-8(11)4-5-9(12-7)10-3-2-6-13-10/h2-6H,1H3. The summed E-state index contributed by atoms with van der Waals surface area (Å²) in [6.45, 7) is 1.95. The Morgan fingerprint density at radius 2 is 2.15 bits per heavy atom. The van der Waals surface area contributed by atoms with E-state index in [9.17, 15) is 0 Å². The van der Waals surface area contributed by atoms with Crippen LogP contribution in [0.25, 0.3) is 11.5 Å². The lowest BCUT2D eigenvalue weighted by Crippen LogP contribution is -1.85. The highest BCUT2D eigenvalue weighted by Crippen LogP contribution is 2.21. The van der Waals surface area contributed by atoms with Gasteiger partial charge in [-0.1, -0.05) is 0 Å². The molecule has 0 amide bonds. The van der Waals surface area contributed by atoms with Crippen LogP contribution in [0, 0.1) is 6.92 Å². The van der Waals surface area contributed by atoms with Crippen LogP contribution in [0.4, 0.5) is 0 Å². The highest BCUT2D eigenvalue weighted by molar-refractivity contribution is 9.10. The van der Waals surface area contributed by atoms with Crippen molar-refractivity contribution in [2.75, 3.05) is 0 Å². The maximum atomic E-state index is 5.24. The summed E-state index contributed by atoms with van der Waals surface area (Å²) in [5.41, 5.74) is 1.83. The van der Waals surface area contributed by atoms with Crippen molar-refractivity contribution in [1.82, 2.24) is 4.98 Å². The summed E-state index contributed by atoms with van der Waals surface area (Å²) in [6.07, 6.45) is 1.65. The minimum atomic E-state index is 0.801. The minimum absolute atomic E-state index is 0.801. The molecule has 0 spiro atoms. The molecule has 2 nitrogen and oxygen atoms in total. The van der Waals surface area contributed by atoms with E-state index < -0.39 is 0 Å². The number of nitrogens with zero attached hydrogens (tertiary/aromatic N) is 1. The lowest BCUT2D eigenvalue weighted by Gasteiger charge is -1.99. The predicted molar refractivity (Wildman–Crippen MR) is 54.4 cm³/mol. The average Bonchev–Trinajstić information content (AvgIpc) is 2.62. The van der Waals surface area contributed by atoms with Crippen molar-refractivity contribution in [2.24, 2.45) is 0 Å². The van der Waals surface area contributed by atoms with Gasteiger partial charge < -0.3 is 4.42 Å². The van der Waals surface area contributed by atoms with Crippen molar-refractivity contribution >= 4 is 15.9 Å². The van der Waals surface area contributed by atoms with Gasteiger partial charge in [-0.3, -0.25) is 0 Å². The van der Waals surface area contributed by atoms with Gasteiger partial charge in [0.1, 0.15) is 5.69 Å². The molecule has 2 aromatic rings. The van der Waals surface area contributed by atoms with Crippen molar-refractivity contribution in [3.63, 3.8) is 0 Å². The van der Waals surface area contributed by atoms with Gasteiger partial charge in [-0.05, 0) is 47.1 Å². The quantitative estimate of drug-likeness (QED) is 0.760. The lowest BCUT2D eigenvalue weighted by molar-refractivity contribution is 0.580. The highest BCUT2D eigenvalue weighted by atomic mass is 79.9. The Kier molecular flexibility index (Phi) is 2.19. The Hall–Kier alpha value is -1.09. The summed E-state index contributed by atoms with van der Waals surface area (Å²) in [5, 5.41) is 0. The van der Waals surface area contributed by atoms with Gasteiger partial charge in [0.05, 0.1) is 12.0 Å². The molecule has 0 bridgehead atoms. The van der Waals surface area contributed by atoms with Gasteiger partial charge in [0.2, 0.25) is 0 Å². The summed E-state index contributed by atoms with van der Waals surface area (Å²) in [6, 6.07) is 7.65. The first kappa shape index (κ1) is 8.51. The van der Waals surface area contributed by atoms with Crippen LogP contribution in [-0.2, 0) is 0 Å². The molecule has 66 valence electrons. The number of hydrogen-bond acceptors (Lipinski definition) is 2. The Balaban J connectivity index is 2.49. The summed E-state index contributed by atoms with van der Waals surface area (Å²) in [7, 11) is 0. The van der Waals surface area contributed by atoms with E-state index in [1.165, 1.54) is 0 Å². The van der Waals surface area contributed by atoms with Crippen LogP contribution >= 0.6 is 15.9 Å². The molecule has 0 N–H and O–H groups in total. The third-order valence-corrected chi connectivity index (χ3v) is 2.63. The lowest BCUT2D eigenvalue weighted by atomic mass is 10.2. The zero-order valence-electron chi connectivity index (χ0n) is 7.12. The molecule has 0 aliphatic carbocycles. The number of pyridine rings is 1. The number of rotatable bonds is 1. The molecule has 0 unspecified atom stereocenters. The van der Waals surface area contributed by atoms with Crippen molar-refractivity contribution < 1.29 is 4.42 Å². The van der Waals surface area contributed by atoms with Gasteiger partial charge in [0, 0.05) is 4.47 Å². The van der Waals surface area contributed by atoms with Gasteiger partial charge in [-0.2, -0.15) is 0 Å². The van der Waals surface area contributed by atoms with E-state index in [-0.39, 0.29) is 0 Å². The van der Waals surface area contributed by atoms with Gasteiger partial charge in [-0.25, -0.2) is 4.98 Å². The molecule has 0 aliphatic heterocycles. The first-order valence-corrected chi connectivity index (χ1v) is 4.74. The fourth-order valence-corrected chi connectivity index (χ4v) is 1.33. The van der Waals surface area contributed by atoms with Gasteiger partial charge in [0.15, 0.2) is 5.76 Å². The molecule has 0 atom stereocenters. The largest absolute Gasteiger partial charge is 0.463 e. The Morgan fingerprint density at radius 3 is 2.77 bits per heavy atom. The van der Waals surface area contributed by atoms with Gasteiger partial charge in [-0.15, -0.1) is 0 Å². The van der Waals surface area contributed by atoms with E-state index in [0.29, 0.717) is 0 Å². The predicted octanol–water partition coefficient (Wildman–Crippen LogP) is 3.41. The van der Waals surface area contributed by atoms with Crippen LogP contribution in [0.5, 0.6) is 0 Å². The molecule has 13 heavy (non-hydrogen) atoms.